The standard InChI is InChI=1S/C21H22N4O2/c1-23-12-13-24(19-11-7-6-10-18(19)23)21(26)17-14-22-25(20(17)15-27-2)16-8-4-3-5-9-16/h3-11,14H,12-13,15H2,1-2H3. The number of carbonyl (C=O) groups is 1. The molecule has 0 fully saturated rings. The van der Waals surface area contributed by atoms with Gasteiger partial charge in [-0.1, -0.05) is 30.3 Å². The summed E-state index contributed by atoms with van der Waals surface area (Å²) < 4.78 is 7.15. The maximum Gasteiger partial charge on any atom is 0.261 e. The number of anilines is 2. The molecule has 2 aromatic carbocycles. The monoisotopic (exact) mass is 362 g/mol. The minimum atomic E-state index is -0.0511. The fourth-order valence-corrected chi connectivity index (χ4v) is 3.48. The average Bonchev–Trinajstić information content (AvgIpc) is 3.13. The Morgan fingerprint density at radius 2 is 1.74 bits per heavy atom. The van der Waals surface area contributed by atoms with Crippen molar-refractivity contribution in [1.29, 1.82) is 0 Å². The second kappa shape index (κ2) is 7.25. The van der Waals surface area contributed by atoms with Crippen LogP contribution in [0.25, 0.3) is 5.69 Å². The highest BCUT2D eigenvalue weighted by atomic mass is 16.5. The highest BCUT2D eigenvalue weighted by Gasteiger charge is 2.29. The first kappa shape index (κ1) is 17.3. The van der Waals surface area contributed by atoms with Gasteiger partial charge in [-0.3, -0.25) is 4.79 Å². The van der Waals surface area contributed by atoms with E-state index in [4.69, 9.17) is 4.74 Å². The summed E-state index contributed by atoms with van der Waals surface area (Å²) in [6.45, 7) is 1.73. The molecule has 0 N–H and O–H groups in total. The molecular weight excluding hydrogens is 340 g/mol. The highest BCUT2D eigenvalue weighted by molar-refractivity contribution is 6.09. The average molecular weight is 362 g/mol. The Labute approximate surface area is 158 Å². The zero-order valence-electron chi connectivity index (χ0n) is 15.5. The highest BCUT2D eigenvalue weighted by Crippen LogP contribution is 2.33. The molecule has 0 aliphatic carbocycles. The number of nitrogens with zero attached hydrogens (tertiary/aromatic N) is 4. The molecule has 1 aliphatic rings. The molecule has 6 heteroatoms. The zero-order valence-corrected chi connectivity index (χ0v) is 15.5. The minimum absolute atomic E-state index is 0.0511. The summed E-state index contributed by atoms with van der Waals surface area (Å²) >= 11 is 0. The molecule has 1 amide bonds. The fraction of sp³-hybridized carbons (Fsp3) is 0.238. The SMILES string of the molecule is COCc1c(C(=O)N2CCN(C)c3ccccc32)cnn1-c1ccccc1. The van der Waals surface area contributed by atoms with Crippen molar-refractivity contribution in [1.82, 2.24) is 9.78 Å². The first-order valence-electron chi connectivity index (χ1n) is 8.94. The third-order valence-electron chi connectivity index (χ3n) is 4.87. The maximum absolute atomic E-state index is 13.4. The number of likely N-dealkylation sites (N-methyl/N-ethyl adjacent to an activating group) is 1. The first-order valence-corrected chi connectivity index (χ1v) is 8.94. The second-order valence-electron chi connectivity index (χ2n) is 6.55. The Morgan fingerprint density at radius 3 is 2.48 bits per heavy atom. The summed E-state index contributed by atoms with van der Waals surface area (Å²) in [5.74, 6) is -0.0511. The van der Waals surface area contributed by atoms with Crippen LogP contribution in [0.15, 0.2) is 60.8 Å². The number of amides is 1. The van der Waals surface area contributed by atoms with Gasteiger partial charge in [-0.25, -0.2) is 4.68 Å². The number of hydrogen-bond acceptors (Lipinski definition) is 4. The Bertz CT molecular complexity index is 952. The molecule has 0 bridgehead atoms. The van der Waals surface area contributed by atoms with E-state index in [0.717, 1.165) is 29.3 Å². The van der Waals surface area contributed by atoms with E-state index in [9.17, 15) is 4.79 Å². The number of benzene rings is 2. The number of ether oxygens (including phenoxy) is 1. The Balaban J connectivity index is 1.75. The van der Waals surface area contributed by atoms with Crippen LogP contribution in [-0.2, 0) is 11.3 Å². The molecule has 27 heavy (non-hydrogen) atoms. The van der Waals surface area contributed by atoms with Crippen LogP contribution in [0.2, 0.25) is 0 Å². The van der Waals surface area contributed by atoms with Crippen molar-refractivity contribution < 1.29 is 9.53 Å². The molecule has 0 radical (unpaired) electrons. The van der Waals surface area contributed by atoms with E-state index in [0.29, 0.717) is 18.7 Å². The third kappa shape index (κ3) is 3.08. The van der Waals surface area contributed by atoms with Crippen molar-refractivity contribution in [2.75, 3.05) is 37.0 Å². The smallest absolute Gasteiger partial charge is 0.261 e. The summed E-state index contributed by atoms with van der Waals surface area (Å²) in [6, 6.07) is 17.8. The molecule has 1 aromatic heterocycles. The molecule has 4 rings (SSSR count). The van der Waals surface area contributed by atoms with Crippen molar-refractivity contribution in [3.63, 3.8) is 0 Å². The van der Waals surface area contributed by atoms with Crippen molar-refractivity contribution in [3.8, 4) is 5.69 Å². The normalized spacial score (nSPS) is 13.6. The van der Waals surface area contributed by atoms with Gasteiger partial charge in [0, 0.05) is 27.2 Å². The van der Waals surface area contributed by atoms with Crippen LogP contribution in [-0.4, -0.2) is 42.9 Å². The van der Waals surface area contributed by atoms with Crippen LogP contribution in [0.1, 0.15) is 16.1 Å². The van der Waals surface area contributed by atoms with E-state index in [1.807, 2.05) is 66.5 Å². The number of fused-ring (bicyclic) bond motifs is 1. The Morgan fingerprint density at radius 1 is 1.04 bits per heavy atom. The lowest BCUT2D eigenvalue weighted by Gasteiger charge is -2.35. The lowest BCUT2D eigenvalue weighted by atomic mass is 10.1. The van der Waals surface area contributed by atoms with Crippen LogP contribution < -0.4 is 9.80 Å². The Kier molecular flexibility index (Phi) is 4.64. The lowest BCUT2D eigenvalue weighted by molar-refractivity contribution is 0.0981. The number of hydrogen-bond donors (Lipinski definition) is 0. The van der Waals surface area contributed by atoms with E-state index < -0.39 is 0 Å². The Hall–Kier alpha value is -3.12. The van der Waals surface area contributed by atoms with Gasteiger partial charge in [-0.2, -0.15) is 5.10 Å². The number of para-hydroxylation sites is 3. The number of rotatable bonds is 4. The van der Waals surface area contributed by atoms with Gasteiger partial charge in [0.1, 0.15) is 0 Å². The van der Waals surface area contributed by atoms with Crippen molar-refractivity contribution in [3.05, 3.63) is 72.1 Å². The lowest BCUT2D eigenvalue weighted by Crippen LogP contribution is -2.42. The summed E-state index contributed by atoms with van der Waals surface area (Å²) in [4.78, 5) is 17.4. The second-order valence-corrected chi connectivity index (χ2v) is 6.55. The van der Waals surface area contributed by atoms with Gasteiger partial charge < -0.3 is 14.5 Å². The quantitative estimate of drug-likeness (QED) is 0.716. The fourth-order valence-electron chi connectivity index (χ4n) is 3.48. The summed E-state index contributed by atoms with van der Waals surface area (Å²) in [5, 5.41) is 4.47. The third-order valence-corrected chi connectivity index (χ3v) is 4.87. The molecular formula is C21H22N4O2. The predicted molar refractivity (Wildman–Crippen MR) is 106 cm³/mol. The first-order chi connectivity index (χ1) is 13.2. The van der Waals surface area contributed by atoms with Crippen LogP contribution in [0, 0.1) is 0 Å². The topological polar surface area (TPSA) is 50.6 Å². The van der Waals surface area contributed by atoms with Gasteiger partial charge in [0.25, 0.3) is 5.91 Å². The zero-order chi connectivity index (χ0) is 18.8. The number of carbonyl (C=O) groups excluding carboxylic acids is 1. The van der Waals surface area contributed by atoms with Gasteiger partial charge in [0.05, 0.1) is 41.1 Å². The molecule has 2 heterocycles. The summed E-state index contributed by atoms with van der Waals surface area (Å²) in [7, 11) is 3.67. The molecule has 0 saturated heterocycles. The largest absolute Gasteiger partial charge is 0.378 e. The van der Waals surface area contributed by atoms with Crippen molar-refractivity contribution in [2.45, 2.75) is 6.61 Å². The molecule has 0 unspecified atom stereocenters. The van der Waals surface area contributed by atoms with E-state index in [-0.39, 0.29) is 5.91 Å². The van der Waals surface area contributed by atoms with Gasteiger partial charge >= 0.3 is 0 Å². The molecule has 1 aliphatic heterocycles. The van der Waals surface area contributed by atoms with Gasteiger partial charge in [-0.15, -0.1) is 0 Å². The van der Waals surface area contributed by atoms with Crippen LogP contribution >= 0.6 is 0 Å². The predicted octanol–water partition coefficient (Wildman–Crippen LogP) is 3.12. The molecule has 0 atom stereocenters. The van der Waals surface area contributed by atoms with E-state index in [1.165, 1.54) is 0 Å². The van der Waals surface area contributed by atoms with Crippen LogP contribution in [0.3, 0.4) is 0 Å². The summed E-state index contributed by atoms with van der Waals surface area (Å²) in [5.41, 5.74) is 4.21. The van der Waals surface area contributed by atoms with Crippen molar-refractivity contribution in [2.24, 2.45) is 0 Å². The van der Waals surface area contributed by atoms with Gasteiger partial charge in [-0.05, 0) is 24.3 Å². The van der Waals surface area contributed by atoms with E-state index in [1.54, 1.807) is 18.0 Å². The minimum Gasteiger partial charge on any atom is -0.378 e. The van der Waals surface area contributed by atoms with Crippen LogP contribution in [0.4, 0.5) is 11.4 Å². The molecule has 0 spiro atoms. The molecule has 3 aromatic rings. The molecule has 0 saturated carbocycles. The van der Waals surface area contributed by atoms with Crippen molar-refractivity contribution >= 4 is 17.3 Å². The van der Waals surface area contributed by atoms with E-state index >= 15 is 0 Å². The van der Waals surface area contributed by atoms with Gasteiger partial charge in [0.15, 0.2) is 0 Å². The van der Waals surface area contributed by atoms with Crippen LogP contribution in [0.5, 0.6) is 0 Å². The number of methoxy groups -OCH3 is 1. The molecule has 6 nitrogen and oxygen atoms in total. The van der Waals surface area contributed by atoms with Gasteiger partial charge in [0.2, 0.25) is 0 Å². The maximum atomic E-state index is 13.4. The molecule has 138 valence electrons. The number of aromatic nitrogens is 2. The summed E-state index contributed by atoms with van der Waals surface area (Å²) in [6.07, 6.45) is 1.64. The van der Waals surface area contributed by atoms with E-state index in [2.05, 4.69) is 10.00 Å².